The van der Waals surface area contributed by atoms with Crippen LogP contribution in [0.25, 0.3) is 17.2 Å². The Morgan fingerprint density at radius 1 is 1.00 bits per heavy atom. The lowest BCUT2D eigenvalue weighted by molar-refractivity contribution is -0.122. The van der Waals surface area contributed by atoms with Gasteiger partial charge in [0.15, 0.2) is 0 Å². The average Bonchev–Trinajstić information content (AvgIpc) is 2.84. The SMILES string of the molecule is C=CCN1C(=O)SC(=Cc2cccc(-c3ccccc3)c2)C1=O. The summed E-state index contributed by atoms with van der Waals surface area (Å²) in [4.78, 5) is 25.7. The molecule has 0 atom stereocenters. The highest BCUT2D eigenvalue weighted by Crippen LogP contribution is 2.32. The highest BCUT2D eigenvalue weighted by molar-refractivity contribution is 8.18. The van der Waals surface area contributed by atoms with E-state index in [1.807, 2.05) is 54.6 Å². The molecule has 2 amide bonds. The molecule has 4 heteroatoms. The number of amides is 2. The number of imide groups is 1. The predicted octanol–water partition coefficient (Wildman–Crippen LogP) is 4.58. The molecule has 1 saturated heterocycles. The van der Waals surface area contributed by atoms with E-state index in [1.54, 1.807) is 12.2 Å². The molecule has 0 bridgehead atoms. The van der Waals surface area contributed by atoms with E-state index in [1.165, 1.54) is 4.90 Å². The maximum atomic E-state index is 12.2. The summed E-state index contributed by atoms with van der Waals surface area (Å²) in [7, 11) is 0. The largest absolute Gasteiger partial charge is 0.293 e. The quantitative estimate of drug-likeness (QED) is 0.611. The number of nitrogens with zero attached hydrogens (tertiary/aromatic N) is 1. The normalized spacial score (nSPS) is 16.2. The Bertz CT molecular complexity index is 796. The van der Waals surface area contributed by atoms with E-state index in [0.717, 1.165) is 28.5 Å². The first-order chi connectivity index (χ1) is 11.2. The molecule has 3 nitrogen and oxygen atoms in total. The summed E-state index contributed by atoms with van der Waals surface area (Å²) < 4.78 is 0. The first-order valence-corrected chi connectivity index (χ1v) is 8.02. The number of thioether (sulfide) groups is 1. The van der Waals surface area contributed by atoms with Crippen molar-refractivity contribution >= 4 is 29.0 Å². The van der Waals surface area contributed by atoms with Crippen LogP contribution >= 0.6 is 11.8 Å². The van der Waals surface area contributed by atoms with Gasteiger partial charge < -0.3 is 0 Å². The Kier molecular flexibility index (Phi) is 4.44. The Balaban J connectivity index is 1.90. The lowest BCUT2D eigenvalue weighted by atomic mass is 10.0. The zero-order chi connectivity index (χ0) is 16.2. The van der Waals surface area contributed by atoms with E-state index in [2.05, 4.69) is 6.58 Å². The molecule has 0 aliphatic carbocycles. The Hall–Kier alpha value is -2.59. The molecule has 0 radical (unpaired) electrons. The van der Waals surface area contributed by atoms with Crippen molar-refractivity contribution in [1.82, 2.24) is 4.90 Å². The van der Waals surface area contributed by atoms with Crippen molar-refractivity contribution in [2.75, 3.05) is 6.54 Å². The van der Waals surface area contributed by atoms with Gasteiger partial charge in [0.25, 0.3) is 11.1 Å². The van der Waals surface area contributed by atoms with Crippen LogP contribution in [-0.2, 0) is 4.79 Å². The van der Waals surface area contributed by atoms with Crippen LogP contribution in [0.3, 0.4) is 0 Å². The van der Waals surface area contributed by atoms with Crippen LogP contribution in [0.4, 0.5) is 4.79 Å². The Labute approximate surface area is 139 Å². The lowest BCUT2D eigenvalue weighted by Crippen LogP contribution is -2.27. The highest BCUT2D eigenvalue weighted by Gasteiger charge is 2.33. The Morgan fingerprint density at radius 2 is 1.74 bits per heavy atom. The zero-order valence-electron chi connectivity index (χ0n) is 12.4. The van der Waals surface area contributed by atoms with Gasteiger partial charge >= 0.3 is 0 Å². The molecule has 0 spiro atoms. The molecular weight excluding hydrogens is 306 g/mol. The van der Waals surface area contributed by atoms with Crippen molar-refractivity contribution in [3.63, 3.8) is 0 Å². The second-order valence-electron chi connectivity index (χ2n) is 5.07. The third kappa shape index (κ3) is 3.27. The molecular formula is C19H15NO2S. The van der Waals surface area contributed by atoms with Crippen LogP contribution in [0.5, 0.6) is 0 Å². The summed E-state index contributed by atoms with van der Waals surface area (Å²) in [5.74, 6) is -0.259. The summed E-state index contributed by atoms with van der Waals surface area (Å²) in [6, 6.07) is 17.9. The molecule has 0 unspecified atom stereocenters. The molecule has 2 aromatic rings. The molecule has 1 aliphatic rings. The zero-order valence-corrected chi connectivity index (χ0v) is 13.3. The molecule has 0 aromatic heterocycles. The molecule has 114 valence electrons. The maximum absolute atomic E-state index is 12.2. The number of carbonyl (C=O) groups excluding carboxylic acids is 2. The van der Waals surface area contributed by atoms with Crippen molar-refractivity contribution in [3.8, 4) is 11.1 Å². The van der Waals surface area contributed by atoms with Crippen molar-refractivity contribution in [2.24, 2.45) is 0 Å². The van der Waals surface area contributed by atoms with Crippen LogP contribution in [0.1, 0.15) is 5.56 Å². The van der Waals surface area contributed by atoms with Crippen LogP contribution in [0.15, 0.2) is 72.2 Å². The van der Waals surface area contributed by atoms with Crippen LogP contribution in [-0.4, -0.2) is 22.6 Å². The van der Waals surface area contributed by atoms with Crippen molar-refractivity contribution in [3.05, 3.63) is 77.7 Å². The van der Waals surface area contributed by atoms with Gasteiger partial charge in [0.1, 0.15) is 0 Å². The highest BCUT2D eigenvalue weighted by atomic mass is 32.2. The van der Waals surface area contributed by atoms with Gasteiger partial charge in [-0.1, -0.05) is 54.6 Å². The van der Waals surface area contributed by atoms with Gasteiger partial charge in [-0.3, -0.25) is 14.5 Å². The van der Waals surface area contributed by atoms with Crippen LogP contribution in [0, 0.1) is 0 Å². The molecule has 2 aromatic carbocycles. The van der Waals surface area contributed by atoms with E-state index < -0.39 is 0 Å². The van der Waals surface area contributed by atoms with Gasteiger partial charge in [0.05, 0.1) is 4.91 Å². The summed E-state index contributed by atoms with van der Waals surface area (Å²) in [6.45, 7) is 3.81. The van der Waals surface area contributed by atoms with Crippen molar-refractivity contribution < 1.29 is 9.59 Å². The minimum atomic E-state index is -0.259. The molecule has 0 saturated carbocycles. The van der Waals surface area contributed by atoms with Crippen molar-refractivity contribution in [2.45, 2.75) is 0 Å². The fraction of sp³-hybridized carbons (Fsp3) is 0.0526. The first kappa shape index (κ1) is 15.3. The second-order valence-corrected chi connectivity index (χ2v) is 6.07. The lowest BCUT2D eigenvalue weighted by Gasteiger charge is -2.07. The van der Waals surface area contributed by atoms with Crippen LogP contribution < -0.4 is 0 Å². The molecule has 1 aliphatic heterocycles. The number of carbonyl (C=O) groups is 2. The maximum Gasteiger partial charge on any atom is 0.293 e. The van der Waals surface area contributed by atoms with E-state index >= 15 is 0 Å². The molecule has 1 fully saturated rings. The molecule has 3 rings (SSSR count). The van der Waals surface area contributed by atoms with E-state index in [-0.39, 0.29) is 17.7 Å². The summed E-state index contributed by atoms with van der Waals surface area (Å²) in [5, 5.41) is -0.250. The topological polar surface area (TPSA) is 37.4 Å². The third-order valence-electron chi connectivity index (χ3n) is 3.48. The number of hydrogen-bond donors (Lipinski definition) is 0. The minimum Gasteiger partial charge on any atom is -0.268 e. The first-order valence-electron chi connectivity index (χ1n) is 7.21. The molecule has 1 heterocycles. The fourth-order valence-corrected chi connectivity index (χ4v) is 3.22. The average molecular weight is 321 g/mol. The standard InChI is InChI=1S/C19H15NO2S/c1-2-11-20-18(21)17(23-19(20)22)13-14-7-6-10-16(12-14)15-8-4-3-5-9-15/h2-10,12-13H,1,11H2. The van der Waals surface area contributed by atoms with Gasteiger partial charge in [0.2, 0.25) is 0 Å². The van der Waals surface area contributed by atoms with Gasteiger partial charge in [-0.15, -0.1) is 6.58 Å². The van der Waals surface area contributed by atoms with Crippen molar-refractivity contribution in [1.29, 1.82) is 0 Å². The van der Waals surface area contributed by atoms with Gasteiger partial charge in [-0.2, -0.15) is 0 Å². The Morgan fingerprint density at radius 3 is 2.48 bits per heavy atom. The molecule has 23 heavy (non-hydrogen) atoms. The second kappa shape index (κ2) is 6.67. The van der Waals surface area contributed by atoms with Gasteiger partial charge in [-0.05, 0) is 40.6 Å². The summed E-state index contributed by atoms with van der Waals surface area (Å²) in [6.07, 6.45) is 3.32. The monoisotopic (exact) mass is 321 g/mol. The molecule has 0 N–H and O–H groups in total. The van der Waals surface area contributed by atoms with Gasteiger partial charge in [0, 0.05) is 6.54 Å². The van der Waals surface area contributed by atoms with Gasteiger partial charge in [-0.25, -0.2) is 0 Å². The summed E-state index contributed by atoms with van der Waals surface area (Å²) >= 11 is 0.969. The third-order valence-corrected chi connectivity index (χ3v) is 4.38. The number of hydrogen-bond acceptors (Lipinski definition) is 3. The van der Waals surface area contributed by atoms with Crippen LogP contribution in [0.2, 0.25) is 0 Å². The summed E-state index contributed by atoms with van der Waals surface area (Å²) in [5.41, 5.74) is 3.09. The number of rotatable bonds is 4. The van der Waals surface area contributed by atoms with E-state index in [4.69, 9.17) is 0 Å². The van der Waals surface area contributed by atoms with E-state index in [0.29, 0.717) is 4.91 Å². The predicted molar refractivity (Wildman–Crippen MR) is 94.8 cm³/mol. The van der Waals surface area contributed by atoms with E-state index in [9.17, 15) is 9.59 Å². The smallest absolute Gasteiger partial charge is 0.268 e. The number of benzene rings is 2. The fourth-order valence-electron chi connectivity index (χ4n) is 2.38. The minimum absolute atomic E-state index is 0.242.